The first-order valence-electron chi connectivity index (χ1n) is 5.27. The summed E-state index contributed by atoms with van der Waals surface area (Å²) in [5.74, 6) is 6.11. The first kappa shape index (κ1) is 10.1. The van der Waals surface area contributed by atoms with Crippen molar-refractivity contribution in [3.05, 3.63) is 23.8 Å². The van der Waals surface area contributed by atoms with Gasteiger partial charge in [-0.2, -0.15) is 0 Å². The van der Waals surface area contributed by atoms with Crippen molar-refractivity contribution in [2.75, 3.05) is 0 Å². The molecule has 1 unspecified atom stereocenters. The predicted octanol–water partition coefficient (Wildman–Crippen LogP) is 1.48. The summed E-state index contributed by atoms with van der Waals surface area (Å²) in [6.45, 7) is 1.64. The molecule has 0 aliphatic heterocycles. The Morgan fingerprint density at radius 1 is 1.47 bits per heavy atom. The van der Waals surface area contributed by atoms with Crippen LogP contribution in [0.3, 0.4) is 0 Å². The van der Waals surface area contributed by atoms with Crippen LogP contribution < -0.4 is 0 Å². The van der Waals surface area contributed by atoms with Gasteiger partial charge < -0.3 is 5.11 Å². The van der Waals surface area contributed by atoms with Crippen LogP contribution in [0.2, 0.25) is 0 Å². The Morgan fingerprint density at radius 3 is 2.87 bits per heavy atom. The van der Waals surface area contributed by atoms with E-state index in [1.165, 1.54) is 19.3 Å². The average Bonchev–Trinajstić information content (AvgIpc) is 2.13. The number of rotatable bonds is 1. The fraction of sp³-hybridized carbons (Fsp3) is 0.500. The van der Waals surface area contributed by atoms with Crippen molar-refractivity contribution in [3.63, 3.8) is 0 Å². The van der Waals surface area contributed by atoms with Crippen molar-refractivity contribution in [1.82, 2.24) is 9.97 Å². The van der Waals surface area contributed by atoms with Crippen LogP contribution in [0.4, 0.5) is 0 Å². The zero-order valence-electron chi connectivity index (χ0n) is 8.77. The maximum Gasteiger partial charge on any atom is 0.117 e. The van der Waals surface area contributed by atoms with Crippen molar-refractivity contribution in [1.29, 1.82) is 0 Å². The third kappa shape index (κ3) is 2.54. The van der Waals surface area contributed by atoms with Gasteiger partial charge in [0.05, 0.1) is 0 Å². The van der Waals surface area contributed by atoms with E-state index in [1.54, 1.807) is 13.3 Å². The number of aromatic nitrogens is 2. The zero-order valence-corrected chi connectivity index (χ0v) is 8.77. The van der Waals surface area contributed by atoms with Crippen molar-refractivity contribution >= 4 is 0 Å². The molecule has 0 radical (unpaired) electrons. The Hall–Kier alpha value is -1.40. The van der Waals surface area contributed by atoms with E-state index in [0.29, 0.717) is 11.6 Å². The molecule has 1 fully saturated rings. The fourth-order valence-corrected chi connectivity index (χ4v) is 1.55. The molecule has 0 saturated heterocycles. The van der Waals surface area contributed by atoms with Crippen LogP contribution in [-0.2, 0) is 0 Å². The smallest absolute Gasteiger partial charge is 0.117 e. The first-order valence-corrected chi connectivity index (χ1v) is 5.27. The van der Waals surface area contributed by atoms with E-state index in [1.807, 2.05) is 6.07 Å². The molecule has 1 aromatic rings. The topological polar surface area (TPSA) is 46.0 Å². The Bertz CT molecular complexity index is 400. The van der Waals surface area contributed by atoms with Gasteiger partial charge in [-0.1, -0.05) is 12.3 Å². The molecule has 1 aromatic heterocycles. The normalized spacial score (nSPS) is 17.5. The van der Waals surface area contributed by atoms with E-state index in [2.05, 4.69) is 21.8 Å². The van der Waals surface area contributed by atoms with Crippen LogP contribution in [0, 0.1) is 11.8 Å². The van der Waals surface area contributed by atoms with Crippen LogP contribution in [0.15, 0.2) is 12.4 Å². The SMILES string of the molecule is CC(O)C#Cc1cc(C2CCC2)ncn1. The molecule has 1 atom stereocenters. The van der Waals surface area contributed by atoms with Gasteiger partial charge in [0, 0.05) is 11.6 Å². The second kappa shape index (κ2) is 4.41. The average molecular weight is 202 g/mol. The third-order valence-corrected chi connectivity index (χ3v) is 2.62. The highest BCUT2D eigenvalue weighted by molar-refractivity contribution is 5.30. The van der Waals surface area contributed by atoms with Gasteiger partial charge in [0.2, 0.25) is 0 Å². The summed E-state index contributed by atoms with van der Waals surface area (Å²) in [7, 11) is 0. The van der Waals surface area contributed by atoms with E-state index < -0.39 is 6.10 Å². The molecule has 0 spiro atoms. The number of hydrogen-bond donors (Lipinski definition) is 1. The van der Waals surface area contributed by atoms with Gasteiger partial charge in [-0.25, -0.2) is 9.97 Å². The number of aliphatic hydroxyl groups is 1. The third-order valence-electron chi connectivity index (χ3n) is 2.62. The van der Waals surface area contributed by atoms with Gasteiger partial charge in [-0.3, -0.25) is 0 Å². The van der Waals surface area contributed by atoms with Crippen LogP contribution in [0.1, 0.15) is 43.5 Å². The highest BCUT2D eigenvalue weighted by Crippen LogP contribution is 2.34. The lowest BCUT2D eigenvalue weighted by Gasteiger charge is -2.24. The molecule has 1 aliphatic rings. The Labute approximate surface area is 89.6 Å². The Morgan fingerprint density at radius 2 is 2.27 bits per heavy atom. The standard InChI is InChI=1S/C12H14N2O/c1-9(15)5-6-11-7-12(14-8-13-11)10-3-2-4-10/h7-10,15H,2-4H2,1H3. The molecule has 1 saturated carbocycles. The van der Waals surface area contributed by atoms with E-state index in [4.69, 9.17) is 5.11 Å². The van der Waals surface area contributed by atoms with Gasteiger partial charge in [0.25, 0.3) is 0 Å². The van der Waals surface area contributed by atoms with Crippen LogP contribution in [0.25, 0.3) is 0 Å². The number of nitrogens with zero attached hydrogens (tertiary/aromatic N) is 2. The van der Waals surface area contributed by atoms with Crippen LogP contribution >= 0.6 is 0 Å². The van der Waals surface area contributed by atoms with Gasteiger partial charge in [0.1, 0.15) is 18.1 Å². The molecule has 3 heteroatoms. The molecule has 15 heavy (non-hydrogen) atoms. The Kier molecular flexibility index (Phi) is 2.98. The van der Waals surface area contributed by atoms with E-state index in [0.717, 1.165) is 5.69 Å². The largest absolute Gasteiger partial charge is 0.381 e. The maximum atomic E-state index is 9.03. The number of aliphatic hydroxyl groups excluding tert-OH is 1. The summed E-state index contributed by atoms with van der Waals surface area (Å²) < 4.78 is 0. The first-order chi connectivity index (χ1) is 7.25. The molecule has 3 nitrogen and oxygen atoms in total. The second-order valence-corrected chi connectivity index (χ2v) is 3.90. The van der Waals surface area contributed by atoms with Gasteiger partial charge in [0.15, 0.2) is 0 Å². The summed E-state index contributed by atoms with van der Waals surface area (Å²) in [5, 5.41) is 9.03. The summed E-state index contributed by atoms with van der Waals surface area (Å²) in [4.78, 5) is 8.30. The summed E-state index contributed by atoms with van der Waals surface area (Å²) in [5.41, 5.74) is 1.79. The minimum atomic E-state index is -0.605. The quantitative estimate of drug-likeness (QED) is 0.701. The molecule has 1 N–H and O–H groups in total. The van der Waals surface area contributed by atoms with Crippen LogP contribution in [0.5, 0.6) is 0 Å². The minimum absolute atomic E-state index is 0.597. The van der Waals surface area contributed by atoms with Crippen LogP contribution in [-0.4, -0.2) is 21.2 Å². The lowest BCUT2D eigenvalue weighted by molar-refractivity contribution is 0.253. The predicted molar refractivity (Wildman–Crippen MR) is 57.2 cm³/mol. The molecular weight excluding hydrogens is 188 g/mol. The number of hydrogen-bond acceptors (Lipinski definition) is 3. The minimum Gasteiger partial charge on any atom is -0.381 e. The Balaban J connectivity index is 2.16. The summed E-state index contributed by atoms with van der Waals surface area (Å²) in [6, 6.07) is 1.93. The maximum absolute atomic E-state index is 9.03. The molecule has 1 heterocycles. The molecular formula is C12H14N2O. The lowest BCUT2D eigenvalue weighted by atomic mass is 9.83. The summed E-state index contributed by atoms with van der Waals surface area (Å²) >= 11 is 0. The lowest BCUT2D eigenvalue weighted by Crippen LogP contribution is -2.11. The molecule has 1 aliphatic carbocycles. The van der Waals surface area contributed by atoms with Gasteiger partial charge in [-0.05, 0) is 31.8 Å². The zero-order chi connectivity index (χ0) is 10.7. The fourth-order valence-electron chi connectivity index (χ4n) is 1.55. The van der Waals surface area contributed by atoms with Crippen molar-refractivity contribution in [2.45, 2.75) is 38.2 Å². The highest BCUT2D eigenvalue weighted by Gasteiger charge is 2.20. The highest BCUT2D eigenvalue weighted by atomic mass is 16.3. The van der Waals surface area contributed by atoms with E-state index in [-0.39, 0.29) is 0 Å². The molecule has 0 aromatic carbocycles. The molecule has 0 amide bonds. The van der Waals surface area contributed by atoms with E-state index in [9.17, 15) is 0 Å². The van der Waals surface area contributed by atoms with Crippen molar-refractivity contribution < 1.29 is 5.11 Å². The molecule has 78 valence electrons. The molecule has 0 bridgehead atoms. The van der Waals surface area contributed by atoms with Crippen molar-refractivity contribution in [2.24, 2.45) is 0 Å². The van der Waals surface area contributed by atoms with Gasteiger partial charge >= 0.3 is 0 Å². The monoisotopic (exact) mass is 202 g/mol. The molecule has 2 rings (SSSR count). The van der Waals surface area contributed by atoms with Gasteiger partial charge in [-0.15, -0.1) is 0 Å². The summed E-state index contributed by atoms with van der Waals surface area (Å²) in [6.07, 6.45) is 4.69. The van der Waals surface area contributed by atoms with Crippen molar-refractivity contribution in [3.8, 4) is 11.8 Å². The second-order valence-electron chi connectivity index (χ2n) is 3.90. The van der Waals surface area contributed by atoms with E-state index >= 15 is 0 Å².